The minimum atomic E-state index is -0.00547. The van der Waals surface area contributed by atoms with E-state index in [-0.39, 0.29) is 17.9 Å². The molecule has 0 radical (unpaired) electrons. The number of fused-ring (bicyclic) bond motifs is 1. The number of nitrogens with one attached hydrogen (secondary N) is 1. The van der Waals surface area contributed by atoms with Gasteiger partial charge in [-0.3, -0.25) is 14.3 Å². The Bertz CT molecular complexity index is 926. The molecule has 0 bridgehead atoms. The molecule has 2 aromatic rings. The number of aryl methyl sites for hydroxylation is 1. The van der Waals surface area contributed by atoms with Crippen molar-refractivity contribution in [2.45, 2.75) is 58.0 Å². The maximum absolute atomic E-state index is 13.6. The molecule has 2 aliphatic rings. The number of nitrogens with zero attached hydrogens (tertiary/aromatic N) is 3. The molecule has 0 aliphatic carbocycles. The molecule has 2 atom stereocenters. The fourth-order valence-corrected chi connectivity index (χ4v) is 5.16. The lowest BCUT2D eigenvalue weighted by molar-refractivity contribution is -0.119. The first-order chi connectivity index (χ1) is 14.5. The van der Waals surface area contributed by atoms with Crippen LogP contribution < -0.4 is 5.32 Å². The number of piperidine rings is 1. The molecule has 1 saturated heterocycles. The van der Waals surface area contributed by atoms with E-state index in [4.69, 9.17) is 0 Å². The van der Waals surface area contributed by atoms with Gasteiger partial charge < -0.3 is 10.2 Å². The summed E-state index contributed by atoms with van der Waals surface area (Å²) in [6.45, 7) is 3.80. The summed E-state index contributed by atoms with van der Waals surface area (Å²) in [5.41, 5.74) is 3.01. The highest BCUT2D eigenvalue weighted by molar-refractivity contribution is 9.10. The van der Waals surface area contributed by atoms with Gasteiger partial charge in [0.05, 0.1) is 17.5 Å². The van der Waals surface area contributed by atoms with Gasteiger partial charge in [0.25, 0.3) is 5.91 Å². The molecule has 4 rings (SSSR count). The minimum Gasteiger partial charge on any atom is -0.356 e. The first-order valence-electron chi connectivity index (χ1n) is 10.9. The normalized spacial score (nSPS) is 21.2. The molecule has 0 spiro atoms. The van der Waals surface area contributed by atoms with E-state index in [0.717, 1.165) is 67.3 Å². The monoisotopic (exact) mass is 472 g/mol. The van der Waals surface area contributed by atoms with E-state index in [9.17, 15) is 9.59 Å². The van der Waals surface area contributed by atoms with Gasteiger partial charge in [-0.05, 0) is 62.1 Å². The van der Waals surface area contributed by atoms with Crippen molar-refractivity contribution in [2.75, 3.05) is 13.1 Å². The minimum absolute atomic E-state index is 0.00547. The summed E-state index contributed by atoms with van der Waals surface area (Å²) in [6.07, 6.45) is 7.63. The molecule has 2 unspecified atom stereocenters. The smallest absolute Gasteiger partial charge is 0.257 e. The first-order valence-corrected chi connectivity index (χ1v) is 11.6. The largest absolute Gasteiger partial charge is 0.356 e. The van der Waals surface area contributed by atoms with E-state index in [1.165, 1.54) is 5.56 Å². The summed E-state index contributed by atoms with van der Waals surface area (Å²) < 4.78 is 3.05. The number of hydrogen-bond donors (Lipinski definition) is 1. The lowest BCUT2D eigenvalue weighted by atomic mass is 9.92. The molecule has 2 amide bonds. The molecular formula is C23H29BrN4O2. The Morgan fingerprint density at radius 3 is 2.90 bits per heavy atom. The van der Waals surface area contributed by atoms with Crippen LogP contribution in [-0.2, 0) is 24.2 Å². The second kappa shape index (κ2) is 9.33. The van der Waals surface area contributed by atoms with Gasteiger partial charge in [-0.25, -0.2) is 0 Å². The Labute approximate surface area is 186 Å². The highest BCUT2D eigenvalue weighted by Crippen LogP contribution is 2.28. The summed E-state index contributed by atoms with van der Waals surface area (Å²) in [4.78, 5) is 26.9. The third-order valence-electron chi connectivity index (χ3n) is 6.30. The van der Waals surface area contributed by atoms with E-state index >= 15 is 0 Å². The summed E-state index contributed by atoms with van der Waals surface area (Å²) in [6, 6.07) is 8.58. The number of benzene rings is 1. The standard InChI is InChI=1S/C23H29BrN4O2/c1-16(29)25-14-18-8-10-28-22(13-18)21(15-26-28)23(30)27-9-3-2-7-20(27)12-17-5-4-6-19(24)11-17/h4-6,11,15,18,20H,2-3,7-10,12-14H2,1H3,(H,25,29). The zero-order valence-corrected chi connectivity index (χ0v) is 19.0. The van der Waals surface area contributed by atoms with Crippen LogP contribution in [0.25, 0.3) is 0 Å². The zero-order chi connectivity index (χ0) is 21.1. The summed E-state index contributed by atoms with van der Waals surface area (Å²) >= 11 is 3.55. The van der Waals surface area contributed by atoms with Crippen molar-refractivity contribution in [1.82, 2.24) is 20.0 Å². The van der Waals surface area contributed by atoms with Gasteiger partial charge in [0, 0.05) is 37.1 Å². The molecule has 1 aromatic heterocycles. The lowest BCUT2D eigenvalue weighted by Gasteiger charge is -2.36. The number of halogens is 1. The Kier molecular flexibility index (Phi) is 6.56. The highest BCUT2D eigenvalue weighted by Gasteiger charge is 2.32. The Morgan fingerprint density at radius 2 is 2.10 bits per heavy atom. The molecular weight excluding hydrogens is 444 g/mol. The van der Waals surface area contributed by atoms with Crippen LogP contribution in [0, 0.1) is 5.92 Å². The van der Waals surface area contributed by atoms with Crippen molar-refractivity contribution < 1.29 is 9.59 Å². The second-order valence-electron chi connectivity index (χ2n) is 8.51. The van der Waals surface area contributed by atoms with Crippen LogP contribution >= 0.6 is 15.9 Å². The average Bonchev–Trinajstić information content (AvgIpc) is 3.15. The average molecular weight is 473 g/mol. The van der Waals surface area contributed by atoms with Crippen molar-refractivity contribution in [3.05, 3.63) is 51.8 Å². The Hall–Kier alpha value is -2.15. The van der Waals surface area contributed by atoms with Gasteiger partial charge >= 0.3 is 0 Å². The maximum atomic E-state index is 13.6. The first kappa shape index (κ1) is 21.1. The summed E-state index contributed by atoms with van der Waals surface area (Å²) in [5, 5.41) is 7.42. The molecule has 6 nitrogen and oxygen atoms in total. The number of rotatable bonds is 5. The third-order valence-corrected chi connectivity index (χ3v) is 6.79. The zero-order valence-electron chi connectivity index (χ0n) is 17.4. The Balaban J connectivity index is 1.50. The van der Waals surface area contributed by atoms with Gasteiger partial charge in [0.15, 0.2) is 0 Å². The molecule has 30 heavy (non-hydrogen) atoms. The molecule has 3 heterocycles. The second-order valence-corrected chi connectivity index (χ2v) is 9.42. The van der Waals surface area contributed by atoms with E-state index in [1.807, 2.05) is 10.7 Å². The van der Waals surface area contributed by atoms with Crippen LogP contribution in [0.1, 0.15) is 54.2 Å². The van der Waals surface area contributed by atoms with Crippen LogP contribution in [0.4, 0.5) is 0 Å². The van der Waals surface area contributed by atoms with Crippen LogP contribution in [0.2, 0.25) is 0 Å². The van der Waals surface area contributed by atoms with E-state index in [0.29, 0.717) is 12.5 Å². The third kappa shape index (κ3) is 4.77. The number of hydrogen-bond acceptors (Lipinski definition) is 3. The van der Waals surface area contributed by atoms with Crippen molar-refractivity contribution in [1.29, 1.82) is 0 Å². The SMILES string of the molecule is CC(=O)NCC1CCn2ncc(C(=O)N3CCCCC3Cc3cccc(Br)c3)c2C1. The molecule has 2 aliphatic heterocycles. The van der Waals surface area contributed by atoms with E-state index in [2.05, 4.69) is 49.4 Å². The molecule has 7 heteroatoms. The van der Waals surface area contributed by atoms with Gasteiger partial charge in [0.2, 0.25) is 5.91 Å². The number of likely N-dealkylation sites (tertiary alicyclic amines) is 1. The van der Waals surface area contributed by atoms with Crippen molar-refractivity contribution in [3.63, 3.8) is 0 Å². The van der Waals surface area contributed by atoms with Crippen LogP contribution in [0.3, 0.4) is 0 Å². The molecule has 0 saturated carbocycles. The highest BCUT2D eigenvalue weighted by atomic mass is 79.9. The molecule has 1 aromatic carbocycles. The van der Waals surface area contributed by atoms with Crippen molar-refractivity contribution in [2.24, 2.45) is 5.92 Å². The van der Waals surface area contributed by atoms with Crippen molar-refractivity contribution >= 4 is 27.7 Å². The topological polar surface area (TPSA) is 67.2 Å². The number of amides is 2. The number of carbonyl (C=O) groups excluding carboxylic acids is 2. The maximum Gasteiger partial charge on any atom is 0.257 e. The Morgan fingerprint density at radius 1 is 1.23 bits per heavy atom. The van der Waals surface area contributed by atoms with Crippen LogP contribution in [0.5, 0.6) is 0 Å². The number of carbonyl (C=O) groups is 2. The van der Waals surface area contributed by atoms with E-state index < -0.39 is 0 Å². The molecule has 1 fully saturated rings. The fourth-order valence-electron chi connectivity index (χ4n) is 4.71. The molecule has 160 valence electrons. The molecule has 1 N–H and O–H groups in total. The van der Waals surface area contributed by atoms with Gasteiger partial charge in [-0.15, -0.1) is 0 Å². The fraction of sp³-hybridized carbons (Fsp3) is 0.522. The van der Waals surface area contributed by atoms with Crippen molar-refractivity contribution in [3.8, 4) is 0 Å². The van der Waals surface area contributed by atoms with Crippen LogP contribution in [-0.4, -0.2) is 45.6 Å². The van der Waals surface area contributed by atoms with Gasteiger partial charge in [-0.1, -0.05) is 28.1 Å². The predicted molar refractivity (Wildman–Crippen MR) is 119 cm³/mol. The quantitative estimate of drug-likeness (QED) is 0.722. The van der Waals surface area contributed by atoms with E-state index in [1.54, 1.807) is 13.1 Å². The summed E-state index contributed by atoms with van der Waals surface area (Å²) in [7, 11) is 0. The van der Waals surface area contributed by atoms with Gasteiger partial charge in [0.1, 0.15) is 0 Å². The lowest BCUT2D eigenvalue weighted by Crippen LogP contribution is -2.45. The van der Waals surface area contributed by atoms with Crippen LogP contribution in [0.15, 0.2) is 34.9 Å². The predicted octanol–water partition coefficient (Wildman–Crippen LogP) is 3.58. The van der Waals surface area contributed by atoms with Gasteiger partial charge in [-0.2, -0.15) is 5.10 Å². The summed E-state index contributed by atoms with van der Waals surface area (Å²) in [5.74, 6) is 0.452. The number of aromatic nitrogens is 2.